The zero-order valence-electron chi connectivity index (χ0n) is 14.3. The first-order valence-electron chi connectivity index (χ1n) is 8.79. The summed E-state index contributed by atoms with van der Waals surface area (Å²) < 4.78 is 0. The van der Waals surface area contributed by atoms with Gasteiger partial charge in [0.15, 0.2) is 0 Å². The van der Waals surface area contributed by atoms with E-state index < -0.39 is 30.6 Å². The van der Waals surface area contributed by atoms with Crippen molar-refractivity contribution in [1.82, 2.24) is 5.32 Å². The Morgan fingerprint density at radius 3 is 2.04 bits per heavy atom. The second-order valence-electron chi connectivity index (χ2n) is 6.17. The molecule has 4 N–H and O–H groups in total. The fourth-order valence-electron chi connectivity index (χ4n) is 2.64. The molecule has 1 amide bonds. The van der Waals surface area contributed by atoms with E-state index in [1.54, 1.807) is 0 Å². The van der Waals surface area contributed by atoms with E-state index in [0.29, 0.717) is 6.42 Å². The number of aliphatic carboxylic acids is 1. The Balaban J connectivity index is 0. The van der Waals surface area contributed by atoms with E-state index in [9.17, 15) is 14.7 Å². The van der Waals surface area contributed by atoms with Crippen molar-refractivity contribution in [2.24, 2.45) is 0 Å². The van der Waals surface area contributed by atoms with Crippen molar-refractivity contribution in [3.63, 3.8) is 0 Å². The number of carbonyl (C=O) groups excluding carboxylic acids is 1. The van der Waals surface area contributed by atoms with Gasteiger partial charge >= 0.3 is 24.8 Å². The molecular formula is C17H34LiNO5. The predicted octanol–water partition coefficient (Wildman–Crippen LogP) is 1.57. The number of carboxylic acids is 1. The van der Waals surface area contributed by atoms with Gasteiger partial charge in [0.1, 0.15) is 6.61 Å². The van der Waals surface area contributed by atoms with Gasteiger partial charge in [-0.25, -0.2) is 0 Å². The molecule has 0 bridgehead atoms. The van der Waals surface area contributed by atoms with Gasteiger partial charge in [0.05, 0.1) is 12.5 Å². The molecule has 0 aromatic heterocycles. The first kappa shape index (κ1) is 25.7. The fraction of sp³-hybridized carbons (Fsp3) is 0.882. The van der Waals surface area contributed by atoms with E-state index in [4.69, 9.17) is 10.2 Å². The number of aliphatic hydroxyl groups excluding tert-OH is 2. The molecular weight excluding hydrogens is 305 g/mol. The van der Waals surface area contributed by atoms with E-state index >= 15 is 0 Å². The van der Waals surface area contributed by atoms with E-state index in [1.165, 1.54) is 32.1 Å². The average molecular weight is 339 g/mol. The first-order chi connectivity index (χ1) is 11.0. The maximum absolute atomic E-state index is 11.2. The molecule has 0 aliphatic carbocycles. The van der Waals surface area contributed by atoms with E-state index in [2.05, 4.69) is 12.2 Å². The van der Waals surface area contributed by atoms with E-state index in [1.807, 2.05) is 0 Å². The third-order valence-electron chi connectivity index (χ3n) is 3.88. The van der Waals surface area contributed by atoms with Crippen LogP contribution >= 0.6 is 0 Å². The standard InChI is InChI=1S/C17H33NO5.Li.H/c1-2-3-4-5-6-7-8-9-10-15(20)11-14(12-17(22)23)18-16(21)13-19;;/h14-15,19-20H,2-13H2,1H3,(H,18,21)(H,22,23);;. The Kier molecular flexibility index (Phi) is 18.5. The molecule has 138 valence electrons. The quantitative estimate of drug-likeness (QED) is 0.268. The van der Waals surface area contributed by atoms with Crippen molar-refractivity contribution in [3.05, 3.63) is 0 Å². The number of hydrogen-bond donors (Lipinski definition) is 4. The van der Waals surface area contributed by atoms with Crippen LogP contribution in [0.25, 0.3) is 0 Å². The Morgan fingerprint density at radius 2 is 1.54 bits per heavy atom. The first-order valence-corrected chi connectivity index (χ1v) is 8.79. The molecule has 0 aliphatic rings. The van der Waals surface area contributed by atoms with Gasteiger partial charge < -0.3 is 20.6 Å². The molecule has 0 radical (unpaired) electrons. The number of unbranched alkanes of at least 4 members (excludes halogenated alkanes) is 7. The van der Waals surface area contributed by atoms with Crippen LogP contribution in [0.5, 0.6) is 0 Å². The minimum atomic E-state index is -1.03. The second-order valence-corrected chi connectivity index (χ2v) is 6.17. The Labute approximate surface area is 157 Å². The average Bonchev–Trinajstić information content (AvgIpc) is 2.49. The molecule has 24 heavy (non-hydrogen) atoms. The number of aliphatic hydroxyl groups is 2. The zero-order chi connectivity index (χ0) is 17.5. The van der Waals surface area contributed by atoms with Crippen LogP contribution in [0.15, 0.2) is 0 Å². The van der Waals surface area contributed by atoms with Crippen LogP contribution in [0.3, 0.4) is 0 Å². The zero-order valence-corrected chi connectivity index (χ0v) is 14.3. The fourth-order valence-corrected chi connectivity index (χ4v) is 2.64. The number of hydrogen-bond acceptors (Lipinski definition) is 4. The van der Waals surface area contributed by atoms with Crippen molar-refractivity contribution < 1.29 is 24.9 Å². The molecule has 0 aromatic carbocycles. The van der Waals surface area contributed by atoms with Gasteiger partial charge in [-0.1, -0.05) is 58.3 Å². The molecule has 2 atom stereocenters. The van der Waals surface area contributed by atoms with Gasteiger partial charge in [-0.15, -0.1) is 0 Å². The van der Waals surface area contributed by atoms with Gasteiger partial charge in [0, 0.05) is 6.04 Å². The van der Waals surface area contributed by atoms with Crippen molar-refractivity contribution in [2.45, 2.75) is 89.7 Å². The summed E-state index contributed by atoms with van der Waals surface area (Å²) in [7, 11) is 0. The summed E-state index contributed by atoms with van der Waals surface area (Å²) >= 11 is 0. The Bertz CT molecular complexity index is 328. The summed E-state index contributed by atoms with van der Waals surface area (Å²) in [6.07, 6.45) is 9.40. The number of rotatable bonds is 15. The topological polar surface area (TPSA) is 107 Å². The number of amides is 1. The summed E-state index contributed by atoms with van der Waals surface area (Å²) in [4.78, 5) is 21.9. The van der Waals surface area contributed by atoms with Crippen LogP contribution in [0, 0.1) is 0 Å². The molecule has 0 aromatic rings. The summed E-state index contributed by atoms with van der Waals surface area (Å²) in [5.74, 6) is -1.65. The Morgan fingerprint density at radius 1 is 1.00 bits per heavy atom. The predicted molar refractivity (Wildman–Crippen MR) is 96.3 cm³/mol. The van der Waals surface area contributed by atoms with Crippen LogP contribution in [0.2, 0.25) is 0 Å². The molecule has 7 heteroatoms. The Hall–Kier alpha value is -0.543. The molecule has 6 nitrogen and oxygen atoms in total. The molecule has 0 fully saturated rings. The molecule has 0 aliphatic heterocycles. The van der Waals surface area contributed by atoms with Crippen LogP contribution in [-0.4, -0.2) is 64.8 Å². The number of carbonyl (C=O) groups is 2. The number of nitrogens with one attached hydrogen (secondary N) is 1. The van der Waals surface area contributed by atoms with Crippen LogP contribution in [0.1, 0.15) is 77.6 Å². The van der Waals surface area contributed by atoms with Crippen LogP contribution in [-0.2, 0) is 9.59 Å². The molecule has 0 spiro atoms. The van der Waals surface area contributed by atoms with Gasteiger partial charge in [-0.3, -0.25) is 9.59 Å². The van der Waals surface area contributed by atoms with Gasteiger partial charge in [-0.2, -0.15) is 0 Å². The molecule has 2 unspecified atom stereocenters. The van der Waals surface area contributed by atoms with E-state index in [-0.39, 0.29) is 31.7 Å². The van der Waals surface area contributed by atoms with Crippen LogP contribution in [0.4, 0.5) is 0 Å². The van der Waals surface area contributed by atoms with E-state index in [0.717, 1.165) is 19.3 Å². The minimum absolute atomic E-state index is 0. The third kappa shape index (κ3) is 16.3. The van der Waals surface area contributed by atoms with Crippen molar-refractivity contribution in [3.8, 4) is 0 Å². The van der Waals surface area contributed by atoms with Gasteiger partial charge in [-0.05, 0) is 12.8 Å². The van der Waals surface area contributed by atoms with Gasteiger partial charge in [0.2, 0.25) is 5.91 Å². The third-order valence-corrected chi connectivity index (χ3v) is 3.88. The maximum atomic E-state index is 11.2. The normalized spacial score (nSPS) is 13.0. The van der Waals surface area contributed by atoms with Crippen molar-refractivity contribution >= 4 is 30.7 Å². The van der Waals surface area contributed by atoms with Crippen LogP contribution < -0.4 is 5.32 Å². The molecule has 0 saturated heterocycles. The molecule has 0 rings (SSSR count). The van der Waals surface area contributed by atoms with Crippen molar-refractivity contribution in [2.75, 3.05) is 6.61 Å². The summed E-state index contributed by atoms with van der Waals surface area (Å²) in [5, 5.41) is 29.9. The summed E-state index contributed by atoms with van der Waals surface area (Å²) in [6.45, 7) is 1.52. The monoisotopic (exact) mass is 339 g/mol. The number of carboxylic acid groups (broad SMARTS) is 1. The molecule has 0 saturated carbocycles. The summed E-state index contributed by atoms with van der Waals surface area (Å²) in [5.41, 5.74) is 0. The van der Waals surface area contributed by atoms with Crippen molar-refractivity contribution in [1.29, 1.82) is 0 Å². The molecule has 0 heterocycles. The van der Waals surface area contributed by atoms with Gasteiger partial charge in [0.25, 0.3) is 0 Å². The second kappa shape index (κ2) is 17.3. The SMILES string of the molecule is CCCCCCCCCCC(O)CC(CC(=O)O)NC(=O)CO.[LiH]. The summed E-state index contributed by atoms with van der Waals surface area (Å²) in [6, 6.07) is -0.642.